The third-order valence-corrected chi connectivity index (χ3v) is 4.21. The van der Waals surface area contributed by atoms with E-state index in [2.05, 4.69) is 0 Å². The molecule has 2 N–H and O–H groups in total. The van der Waals surface area contributed by atoms with Crippen LogP contribution in [0.15, 0.2) is 23.1 Å². The van der Waals surface area contributed by atoms with Crippen molar-refractivity contribution in [2.24, 2.45) is 0 Å². The van der Waals surface area contributed by atoms with Crippen LogP contribution in [0.1, 0.15) is 25.3 Å². The average molecular weight is 292 g/mol. The van der Waals surface area contributed by atoms with E-state index in [0.29, 0.717) is 0 Å². The van der Waals surface area contributed by atoms with Crippen LogP contribution in [0.5, 0.6) is 0 Å². The first-order valence-corrected chi connectivity index (χ1v) is 7.11. The lowest BCUT2D eigenvalue weighted by Gasteiger charge is -2.11. The molecule has 0 bridgehead atoms. The molecule has 0 radical (unpaired) electrons. The molecule has 0 fully saturated rings. The lowest BCUT2D eigenvalue weighted by molar-refractivity contribution is -0.135. The van der Waals surface area contributed by atoms with E-state index in [0.717, 1.165) is 5.56 Å². The first kappa shape index (κ1) is 14.9. The largest absolute Gasteiger partial charge is 0.480 e. The number of carboxylic acid groups (broad SMARTS) is 1. The predicted octanol–water partition coefficient (Wildman–Crippen LogP) is 1.83. The van der Waals surface area contributed by atoms with Crippen LogP contribution in [0.2, 0.25) is 5.02 Å². The molecular formula is C11H14ClNO4S. The normalized spacial score (nSPS) is 11.8. The second kappa shape index (κ2) is 5.69. The summed E-state index contributed by atoms with van der Waals surface area (Å²) in [5, 5.41) is 8.54. The third-order valence-electron chi connectivity index (χ3n) is 2.32. The summed E-state index contributed by atoms with van der Waals surface area (Å²) in [6.45, 7) is 3.17. The second-order valence-electron chi connectivity index (χ2n) is 4.06. The van der Waals surface area contributed by atoms with Gasteiger partial charge in [0.2, 0.25) is 10.0 Å². The van der Waals surface area contributed by atoms with Crippen LogP contribution in [0.25, 0.3) is 0 Å². The van der Waals surface area contributed by atoms with Crippen molar-refractivity contribution in [3.05, 3.63) is 28.8 Å². The highest BCUT2D eigenvalue weighted by molar-refractivity contribution is 7.89. The monoisotopic (exact) mass is 291 g/mol. The van der Waals surface area contributed by atoms with Gasteiger partial charge < -0.3 is 5.11 Å². The summed E-state index contributed by atoms with van der Waals surface area (Å²) in [6, 6.07) is 4.69. The fraction of sp³-hybridized carbons (Fsp3) is 0.364. The minimum atomic E-state index is -3.90. The Hall–Kier alpha value is -1.11. The maximum Gasteiger partial charge on any atom is 0.318 e. The molecule has 18 heavy (non-hydrogen) atoms. The lowest BCUT2D eigenvalue weighted by Crippen LogP contribution is -2.29. The Morgan fingerprint density at radius 2 is 2.06 bits per heavy atom. The van der Waals surface area contributed by atoms with Crippen molar-refractivity contribution in [2.45, 2.75) is 24.7 Å². The van der Waals surface area contributed by atoms with Crippen molar-refractivity contribution in [3.63, 3.8) is 0 Å². The smallest absolute Gasteiger partial charge is 0.318 e. The number of hydrogen-bond acceptors (Lipinski definition) is 3. The summed E-state index contributed by atoms with van der Waals surface area (Å²) in [7, 11) is -3.90. The zero-order valence-electron chi connectivity index (χ0n) is 9.97. The molecule has 0 aliphatic carbocycles. The molecular weight excluding hydrogens is 278 g/mol. The highest BCUT2D eigenvalue weighted by Gasteiger charge is 2.19. The van der Waals surface area contributed by atoms with Crippen molar-refractivity contribution >= 4 is 27.6 Å². The Bertz CT molecular complexity index is 554. The fourth-order valence-corrected chi connectivity index (χ4v) is 2.83. The van der Waals surface area contributed by atoms with Gasteiger partial charge in [-0.05, 0) is 23.6 Å². The Labute approximate surface area is 111 Å². The first-order valence-electron chi connectivity index (χ1n) is 5.25. The zero-order chi connectivity index (χ0) is 13.9. The van der Waals surface area contributed by atoms with Gasteiger partial charge in [-0.2, -0.15) is 4.72 Å². The molecule has 0 aliphatic heterocycles. The molecule has 0 atom stereocenters. The molecule has 5 nitrogen and oxygen atoms in total. The fourth-order valence-electron chi connectivity index (χ4n) is 1.32. The Morgan fingerprint density at radius 3 is 2.56 bits per heavy atom. The van der Waals surface area contributed by atoms with E-state index in [1.165, 1.54) is 12.1 Å². The molecule has 0 amide bonds. The van der Waals surface area contributed by atoms with Crippen LogP contribution in [-0.2, 0) is 14.8 Å². The van der Waals surface area contributed by atoms with E-state index < -0.39 is 22.5 Å². The zero-order valence-corrected chi connectivity index (χ0v) is 11.5. The molecule has 1 aromatic rings. The van der Waals surface area contributed by atoms with E-state index in [-0.39, 0.29) is 15.8 Å². The summed E-state index contributed by atoms with van der Waals surface area (Å²) >= 11 is 5.83. The van der Waals surface area contributed by atoms with Gasteiger partial charge in [0.25, 0.3) is 0 Å². The SMILES string of the molecule is CC(C)c1ccc(Cl)c(S(=O)(=O)NCC(=O)O)c1. The summed E-state index contributed by atoms with van der Waals surface area (Å²) in [5.41, 5.74) is 0.815. The third kappa shape index (κ3) is 3.69. The van der Waals surface area contributed by atoms with Crippen molar-refractivity contribution < 1.29 is 18.3 Å². The maximum absolute atomic E-state index is 11.9. The van der Waals surface area contributed by atoms with E-state index in [1.54, 1.807) is 6.07 Å². The number of rotatable bonds is 5. The van der Waals surface area contributed by atoms with Crippen LogP contribution < -0.4 is 4.72 Å². The minimum Gasteiger partial charge on any atom is -0.480 e. The number of aliphatic carboxylic acids is 1. The van der Waals surface area contributed by atoms with E-state index in [9.17, 15) is 13.2 Å². The Kier molecular flexibility index (Phi) is 4.72. The van der Waals surface area contributed by atoms with Crippen LogP contribution in [0.3, 0.4) is 0 Å². The van der Waals surface area contributed by atoms with E-state index >= 15 is 0 Å². The molecule has 1 aromatic carbocycles. The van der Waals surface area contributed by atoms with Gasteiger partial charge >= 0.3 is 5.97 Å². The quantitative estimate of drug-likeness (QED) is 0.867. The summed E-state index contributed by atoms with van der Waals surface area (Å²) < 4.78 is 25.7. The first-order chi connectivity index (χ1) is 8.24. The van der Waals surface area contributed by atoms with E-state index in [4.69, 9.17) is 16.7 Å². The van der Waals surface area contributed by atoms with Crippen LogP contribution in [0.4, 0.5) is 0 Å². The Balaban J connectivity index is 3.14. The predicted molar refractivity (Wildman–Crippen MR) is 68.4 cm³/mol. The molecule has 0 heterocycles. The van der Waals surface area contributed by atoms with Crippen molar-refractivity contribution in [1.82, 2.24) is 4.72 Å². The van der Waals surface area contributed by atoms with Gasteiger partial charge in [-0.25, -0.2) is 8.42 Å². The van der Waals surface area contributed by atoms with Crippen molar-refractivity contribution in [3.8, 4) is 0 Å². The van der Waals surface area contributed by atoms with Crippen LogP contribution in [0, 0.1) is 0 Å². The Morgan fingerprint density at radius 1 is 1.44 bits per heavy atom. The number of hydrogen-bond donors (Lipinski definition) is 2. The van der Waals surface area contributed by atoms with Crippen molar-refractivity contribution in [1.29, 1.82) is 0 Å². The molecule has 0 aromatic heterocycles. The van der Waals surface area contributed by atoms with Crippen LogP contribution in [-0.4, -0.2) is 26.0 Å². The van der Waals surface area contributed by atoms with Gasteiger partial charge in [-0.3, -0.25) is 4.79 Å². The summed E-state index contributed by atoms with van der Waals surface area (Å²) in [5.74, 6) is -1.11. The molecule has 7 heteroatoms. The maximum atomic E-state index is 11.9. The molecule has 0 saturated carbocycles. The molecule has 0 spiro atoms. The number of carboxylic acids is 1. The molecule has 1 rings (SSSR count). The number of nitrogens with one attached hydrogen (secondary N) is 1. The highest BCUT2D eigenvalue weighted by atomic mass is 35.5. The number of sulfonamides is 1. The average Bonchev–Trinajstić information content (AvgIpc) is 2.26. The molecule has 0 saturated heterocycles. The van der Waals surface area contributed by atoms with Gasteiger partial charge in [-0.15, -0.1) is 0 Å². The summed E-state index contributed by atoms with van der Waals surface area (Å²) in [6.07, 6.45) is 0. The second-order valence-corrected chi connectivity index (χ2v) is 6.21. The lowest BCUT2D eigenvalue weighted by atomic mass is 10.0. The van der Waals surface area contributed by atoms with Gasteiger partial charge in [-0.1, -0.05) is 31.5 Å². The van der Waals surface area contributed by atoms with E-state index in [1.807, 2.05) is 18.6 Å². The van der Waals surface area contributed by atoms with Gasteiger partial charge in [0.15, 0.2) is 0 Å². The standard InChI is InChI=1S/C11H14ClNO4S/c1-7(2)8-3-4-9(12)10(5-8)18(16,17)13-6-11(14)15/h3-5,7,13H,6H2,1-2H3,(H,14,15). The number of benzene rings is 1. The molecule has 100 valence electrons. The molecule has 0 aliphatic rings. The summed E-state index contributed by atoms with van der Waals surface area (Å²) in [4.78, 5) is 10.3. The van der Waals surface area contributed by atoms with Crippen LogP contribution >= 0.6 is 11.6 Å². The van der Waals surface area contributed by atoms with Crippen molar-refractivity contribution in [2.75, 3.05) is 6.54 Å². The highest BCUT2D eigenvalue weighted by Crippen LogP contribution is 2.25. The van der Waals surface area contributed by atoms with Gasteiger partial charge in [0.1, 0.15) is 11.4 Å². The topological polar surface area (TPSA) is 83.5 Å². The molecule has 0 unspecified atom stereocenters. The van der Waals surface area contributed by atoms with Gasteiger partial charge in [0.05, 0.1) is 5.02 Å². The number of carbonyl (C=O) groups is 1. The number of halogens is 1. The minimum absolute atomic E-state index is 0.0669. The van der Waals surface area contributed by atoms with Gasteiger partial charge in [0, 0.05) is 0 Å².